The normalized spacial score (nSPS) is 10.7. The Morgan fingerprint density at radius 1 is 1.31 bits per heavy atom. The first-order chi connectivity index (χ1) is 12.4. The maximum absolute atomic E-state index is 12.5. The first kappa shape index (κ1) is 19.8. The average Bonchev–Trinajstić information content (AvgIpc) is 2.60. The van der Waals surface area contributed by atoms with Gasteiger partial charge in [0.05, 0.1) is 0 Å². The first-order valence-corrected chi connectivity index (χ1v) is 8.87. The van der Waals surface area contributed by atoms with Gasteiger partial charge in [-0.05, 0) is 24.5 Å². The van der Waals surface area contributed by atoms with Gasteiger partial charge in [0.25, 0.3) is 5.56 Å². The number of benzene rings is 1. The van der Waals surface area contributed by atoms with E-state index in [4.69, 9.17) is 17.3 Å². The molecule has 0 saturated heterocycles. The third-order valence-corrected chi connectivity index (χ3v) is 4.59. The number of hydrogen-bond donors (Lipinski definition) is 2. The van der Waals surface area contributed by atoms with Crippen LogP contribution in [0.15, 0.2) is 33.9 Å². The molecule has 2 aromatic rings. The van der Waals surface area contributed by atoms with E-state index >= 15 is 0 Å². The number of halogens is 1. The molecule has 2 rings (SSSR count). The van der Waals surface area contributed by atoms with Crippen molar-refractivity contribution < 1.29 is 4.79 Å². The van der Waals surface area contributed by atoms with Crippen molar-refractivity contribution >= 4 is 29.0 Å². The van der Waals surface area contributed by atoms with E-state index in [0.29, 0.717) is 18.0 Å². The molecule has 1 heterocycles. The van der Waals surface area contributed by atoms with E-state index < -0.39 is 11.2 Å². The summed E-state index contributed by atoms with van der Waals surface area (Å²) in [7, 11) is 1.48. The van der Waals surface area contributed by atoms with Gasteiger partial charge >= 0.3 is 5.69 Å². The van der Waals surface area contributed by atoms with Gasteiger partial charge in [-0.15, -0.1) is 0 Å². The summed E-state index contributed by atoms with van der Waals surface area (Å²) in [6.45, 7) is 2.37. The van der Waals surface area contributed by atoms with Crippen LogP contribution in [-0.2, 0) is 17.8 Å². The number of unbranched alkanes of at least 4 members (excludes halogenated alkanes) is 1. The fourth-order valence-corrected chi connectivity index (χ4v) is 2.91. The van der Waals surface area contributed by atoms with E-state index in [-0.39, 0.29) is 23.8 Å². The van der Waals surface area contributed by atoms with Crippen LogP contribution in [0.2, 0.25) is 5.02 Å². The monoisotopic (exact) mass is 378 g/mol. The molecule has 1 amide bonds. The molecule has 0 saturated carbocycles. The zero-order valence-corrected chi connectivity index (χ0v) is 15.7. The van der Waals surface area contributed by atoms with Crippen molar-refractivity contribution in [1.82, 2.24) is 9.55 Å². The number of amides is 1. The maximum Gasteiger partial charge on any atom is 0.330 e. The summed E-state index contributed by atoms with van der Waals surface area (Å²) in [4.78, 5) is 40.1. The number of nitrogens with one attached hydrogen (secondary N) is 1. The van der Waals surface area contributed by atoms with Crippen molar-refractivity contribution in [3.05, 3.63) is 55.7 Å². The second-order valence-electron chi connectivity index (χ2n) is 6.04. The molecule has 0 aliphatic rings. The third kappa shape index (κ3) is 4.35. The number of nitrogens with zero attached hydrogens (tertiary/aromatic N) is 2. The molecule has 0 atom stereocenters. The minimum Gasteiger partial charge on any atom is -0.383 e. The van der Waals surface area contributed by atoms with E-state index in [0.717, 1.165) is 18.4 Å². The molecule has 7 nitrogen and oxygen atoms in total. The third-order valence-electron chi connectivity index (χ3n) is 4.22. The van der Waals surface area contributed by atoms with Gasteiger partial charge < -0.3 is 10.6 Å². The van der Waals surface area contributed by atoms with Crippen molar-refractivity contribution in [3.63, 3.8) is 0 Å². The number of nitrogens with two attached hydrogens (primary N) is 1. The molecule has 26 heavy (non-hydrogen) atoms. The largest absolute Gasteiger partial charge is 0.383 e. The Balaban J connectivity index is 2.24. The number of rotatable bonds is 7. The zero-order valence-electron chi connectivity index (χ0n) is 14.9. The molecule has 0 spiro atoms. The lowest BCUT2D eigenvalue weighted by atomic mass is 10.1. The van der Waals surface area contributed by atoms with E-state index in [1.807, 2.05) is 25.1 Å². The minimum atomic E-state index is -0.672. The summed E-state index contributed by atoms with van der Waals surface area (Å²) in [5.74, 6) is -0.288. The van der Waals surface area contributed by atoms with Gasteiger partial charge in [0.2, 0.25) is 5.91 Å². The van der Waals surface area contributed by atoms with E-state index in [1.165, 1.54) is 16.5 Å². The molecule has 0 aliphatic carbocycles. The molecule has 1 aromatic heterocycles. The highest BCUT2D eigenvalue weighted by Gasteiger charge is 2.20. The van der Waals surface area contributed by atoms with Crippen LogP contribution < -0.4 is 21.9 Å². The van der Waals surface area contributed by atoms with Crippen LogP contribution in [0.3, 0.4) is 0 Å². The maximum atomic E-state index is 12.5. The number of aryl methyl sites for hydroxylation is 1. The SMILES string of the molecule is CCCCn1c(N)c(N(C)C(=O)CCc2ccccc2Cl)c(=O)[nH]c1=O. The number of nitrogen functional groups attached to an aromatic ring is 1. The Labute approximate surface area is 156 Å². The van der Waals surface area contributed by atoms with Gasteiger partial charge in [0.1, 0.15) is 5.82 Å². The summed E-state index contributed by atoms with van der Waals surface area (Å²) >= 11 is 6.10. The lowest BCUT2D eigenvalue weighted by molar-refractivity contribution is -0.118. The number of carbonyl (C=O) groups is 1. The summed E-state index contributed by atoms with van der Waals surface area (Å²) in [6, 6.07) is 7.28. The number of carbonyl (C=O) groups excluding carboxylic acids is 1. The van der Waals surface area contributed by atoms with Crippen molar-refractivity contribution in [2.75, 3.05) is 17.7 Å². The van der Waals surface area contributed by atoms with E-state index in [2.05, 4.69) is 4.98 Å². The van der Waals surface area contributed by atoms with Gasteiger partial charge in [-0.25, -0.2) is 4.79 Å². The molecular weight excluding hydrogens is 356 g/mol. The Morgan fingerprint density at radius 2 is 2.00 bits per heavy atom. The standard InChI is InChI=1S/C18H23ClN4O3/c1-3-4-11-23-16(20)15(17(25)21-18(23)26)22(2)14(24)10-9-12-7-5-6-8-13(12)19/h5-8H,3-4,9-11,20H2,1-2H3,(H,21,25,26). The zero-order chi connectivity index (χ0) is 19.3. The Kier molecular flexibility index (Phi) is 6.63. The molecule has 140 valence electrons. The molecule has 0 aliphatic heterocycles. The number of hydrogen-bond acceptors (Lipinski definition) is 4. The van der Waals surface area contributed by atoms with Crippen LogP contribution in [0, 0.1) is 0 Å². The lowest BCUT2D eigenvalue weighted by Crippen LogP contribution is -2.39. The molecule has 0 radical (unpaired) electrons. The Hall–Kier alpha value is -2.54. The van der Waals surface area contributed by atoms with Gasteiger partial charge in [0, 0.05) is 25.0 Å². The van der Waals surface area contributed by atoms with Crippen LogP contribution in [-0.4, -0.2) is 22.5 Å². The van der Waals surface area contributed by atoms with E-state index in [1.54, 1.807) is 6.07 Å². The number of H-pyrrole nitrogens is 1. The van der Waals surface area contributed by atoms with Crippen LogP contribution >= 0.6 is 11.6 Å². The molecule has 3 N–H and O–H groups in total. The van der Waals surface area contributed by atoms with Gasteiger partial charge in [-0.1, -0.05) is 43.1 Å². The van der Waals surface area contributed by atoms with Crippen LogP contribution in [0.4, 0.5) is 11.5 Å². The second-order valence-corrected chi connectivity index (χ2v) is 6.45. The highest BCUT2D eigenvalue weighted by Crippen LogP contribution is 2.19. The summed E-state index contributed by atoms with van der Waals surface area (Å²) in [6.07, 6.45) is 2.20. The fraction of sp³-hybridized carbons (Fsp3) is 0.389. The number of aromatic amines is 1. The molecule has 0 unspecified atom stereocenters. The second kappa shape index (κ2) is 8.71. The van der Waals surface area contributed by atoms with Gasteiger partial charge in [0.15, 0.2) is 5.69 Å². The van der Waals surface area contributed by atoms with Crippen molar-refractivity contribution in [3.8, 4) is 0 Å². The average molecular weight is 379 g/mol. The molecule has 0 fully saturated rings. The molecule has 1 aromatic carbocycles. The van der Waals surface area contributed by atoms with Crippen LogP contribution in [0.25, 0.3) is 0 Å². The molecule has 8 heteroatoms. The smallest absolute Gasteiger partial charge is 0.330 e. The minimum absolute atomic E-state index is 0.000735. The molecule has 0 bridgehead atoms. The van der Waals surface area contributed by atoms with Gasteiger partial charge in [-0.3, -0.25) is 19.1 Å². The van der Waals surface area contributed by atoms with E-state index in [9.17, 15) is 14.4 Å². The number of anilines is 2. The summed E-state index contributed by atoms with van der Waals surface area (Å²) in [5.41, 5.74) is 5.63. The summed E-state index contributed by atoms with van der Waals surface area (Å²) in [5, 5.41) is 0.591. The van der Waals surface area contributed by atoms with Crippen LogP contribution in [0.5, 0.6) is 0 Å². The predicted octanol–water partition coefficient (Wildman–Crippen LogP) is 2.17. The fourth-order valence-electron chi connectivity index (χ4n) is 2.67. The highest BCUT2D eigenvalue weighted by molar-refractivity contribution is 6.31. The Bertz CT molecular complexity index is 904. The molecular formula is C18H23ClN4O3. The first-order valence-electron chi connectivity index (χ1n) is 8.49. The highest BCUT2D eigenvalue weighted by atomic mass is 35.5. The van der Waals surface area contributed by atoms with Gasteiger partial charge in [-0.2, -0.15) is 0 Å². The van der Waals surface area contributed by atoms with Crippen LogP contribution in [0.1, 0.15) is 31.7 Å². The topological polar surface area (TPSA) is 101 Å². The van der Waals surface area contributed by atoms with Crippen molar-refractivity contribution in [2.24, 2.45) is 0 Å². The lowest BCUT2D eigenvalue weighted by Gasteiger charge is -2.20. The predicted molar refractivity (Wildman–Crippen MR) is 104 cm³/mol. The number of aromatic nitrogens is 2. The quantitative estimate of drug-likeness (QED) is 0.770. The Morgan fingerprint density at radius 3 is 2.65 bits per heavy atom. The summed E-state index contributed by atoms with van der Waals surface area (Å²) < 4.78 is 1.29. The van der Waals surface area contributed by atoms with Crippen molar-refractivity contribution in [2.45, 2.75) is 39.2 Å². The van der Waals surface area contributed by atoms with Crippen molar-refractivity contribution in [1.29, 1.82) is 0 Å².